The van der Waals surface area contributed by atoms with Crippen LogP contribution in [0, 0.1) is 0 Å². The highest BCUT2D eigenvalue weighted by Crippen LogP contribution is 2.15. The normalized spacial score (nSPS) is 16.4. The summed E-state index contributed by atoms with van der Waals surface area (Å²) in [7, 11) is 0. The smallest absolute Gasteiger partial charge is 0.129 e. The van der Waals surface area contributed by atoms with E-state index in [9.17, 15) is 9.50 Å². The molecule has 0 amide bonds. The van der Waals surface area contributed by atoms with Crippen LogP contribution >= 0.6 is 0 Å². The van der Waals surface area contributed by atoms with Gasteiger partial charge >= 0.3 is 0 Å². The highest BCUT2D eigenvalue weighted by atomic mass is 19.1. The lowest BCUT2D eigenvalue weighted by molar-refractivity contribution is -0.0403. The number of alkyl halides is 1. The van der Waals surface area contributed by atoms with Gasteiger partial charge < -0.3 is 0 Å². The lowest BCUT2D eigenvalue weighted by Gasteiger charge is -2.15. The van der Waals surface area contributed by atoms with Gasteiger partial charge in [-0.1, -0.05) is 32.6 Å². The largest absolute Gasteiger partial charge is 0.248 e. The number of hydrogen-bond donors (Lipinski definition) is 0. The fourth-order valence-electron chi connectivity index (χ4n) is 0.993. The van der Waals surface area contributed by atoms with E-state index < -0.39 is 12.3 Å². The maximum Gasteiger partial charge on any atom is 0.129 e. The molecule has 0 aromatic rings. The average molecular weight is 161 g/mol. The second kappa shape index (κ2) is 5.53. The minimum absolute atomic E-state index is 0.476. The third-order valence-corrected chi connectivity index (χ3v) is 1.84. The monoisotopic (exact) mass is 161 g/mol. The van der Waals surface area contributed by atoms with Crippen LogP contribution in [0.2, 0.25) is 0 Å². The molecular formula is C9H18FO. The van der Waals surface area contributed by atoms with Crippen molar-refractivity contribution in [2.24, 2.45) is 0 Å². The number of hydrogen-bond acceptors (Lipinski definition) is 0. The Morgan fingerprint density at radius 1 is 1.27 bits per heavy atom. The van der Waals surface area contributed by atoms with Gasteiger partial charge in [0.25, 0.3) is 0 Å². The molecule has 11 heavy (non-hydrogen) atoms. The molecule has 0 saturated carbocycles. The molecule has 1 atom stereocenters. The van der Waals surface area contributed by atoms with Gasteiger partial charge in [-0.2, -0.15) is 0 Å². The fourth-order valence-corrected chi connectivity index (χ4v) is 0.993. The van der Waals surface area contributed by atoms with Crippen LogP contribution < -0.4 is 0 Å². The van der Waals surface area contributed by atoms with Crippen molar-refractivity contribution < 1.29 is 9.50 Å². The van der Waals surface area contributed by atoms with Gasteiger partial charge in [-0.3, -0.25) is 0 Å². The predicted molar refractivity (Wildman–Crippen MR) is 43.8 cm³/mol. The molecule has 0 rings (SSSR count). The van der Waals surface area contributed by atoms with E-state index in [1.807, 2.05) is 0 Å². The van der Waals surface area contributed by atoms with E-state index in [1.54, 1.807) is 0 Å². The second-order valence-corrected chi connectivity index (χ2v) is 3.39. The van der Waals surface area contributed by atoms with Crippen LogP contribution in [0.25, 0.3) is 0 Å². The third-order valence-electron chi connectivity index (χ3n) is 1.84. The quantitative estimate of drug-likeness (QED) is 0.533. The van der Waals surface area contributed by atoms with Gasteiger partial charge in [-0.25, -0.2) is 9.50 Å². The highest BCUT2D eigenvalue weighted by Gasteiger charge is 2.21. The minimum atomic E-state index is -1.33. The van der Waals surface area contributed by atoms with Crippen molar-refractivity contribution in [2.75, 3.05) is 6.67 Å². The highest BCUT2D eigenvalue weighted by molar-refractivity contribution is 4.69. The molecule has 0 fully saturated rings. The van der Waals surface area contributed by atoms with E-state index in [1.165, 1.54) is 6.92 Å². The summed E-state index contributed by atoms with van der Waals surface area (Å²) >= 11 is 0. The predicted octanol–water partition coefficient (Wildman–Crippen LogP) is 3.12. The van der Waals surface area contributed by atoms with Crippen LogP contribution in [-0.2, 0) is 5.11 Å². The molecule has 2 heteroatoms. The van der Waals surface area contributed by atoms with Gasteiger partial charge in [0.1, 0.15) is 12.3 Å². The van der Waals surface area contributed by atoms with Gasteiger partial charge in [0, 0.05) is 0 Å². The zero-order valence-corrected chi connectivity index (χ0v) is 7.53. The third kappa shape index (κ3) is 6.29. The Labute approximate surface area is 68.6 Å². The fraction of sp³-hybridized carbons (Fsp3) is 1.00. The lowest BCUT2D eigenvalue weighted by atomic mass is 10.00. The first-order chi connectivity index (χ1) is 5.12. The standard InChI is InChI=1S/C9H18FO/c1-3-4-5-6-7-9(2,11)8-10/h3-8H2,1-2H3. The molecule has 67 valence electrons. The van der Waals surface area contributed by atoms with E-state index >= 15 is 0 Å². The van der Waals surface area contributed by atoms with Crippen LogP contribution in [-0.4, -0.2) is 12.3 Å². The first-order valence-corrected chi connectivity index (χ1v) is 4.39. The van der Waals surface area contributed by atoms with Crippen molar-refractivity contribution in [1.82, 2.24) is 0 Å². The molecule has 1 nitrogen and oxygen atoms in total. The first-order valence-electron chi connectivity index (χ1n) is 4.39. The molecule has 0 aromatic heterocycles. The van der Waals surface area contributed by atoms with Crippen LogP contribution in [0.15, 0.2) is 0 Å². The molecule has 0 N–H and O–H groups in total. The van der Waals surface area contributed by atoms with Crippen molar-refractivity contribution in [3.05, 3.63) is 0 Å². The molecule has 0 aliphatic rings. The molecule has 1 unspecified atom stereocenters. The zero-order valence-electron chi connectivity index (χ0n) is 7.53. The Kier molecular flexibility index (Phi) is 5.47. The maximum atomic E-state index is 12.0. The summed E-state index contributed by atoms with van der Waals surface area (Å²) in [5, 5.41) is 11.1. The molecule has 0 saturated heterocycles. The number of halogens is 1. The summed E-state index contributed by atoms with van der Waals surface area (Å²) < 4.78 is 12.0. The molecule has 0 aromatic carbocycles. The van der Waals surface area contributed by atoms with Crippen LogP contribution in [0.3, 0.4) is 0 Å². The summed E-state index contributed by atoms with van der Waals surface area (Å²) in [5.41, 5.74) is -1.33. The molecule has 0 spiro atoms. The molecule has 0 heterocycles. The lowest BCUT2D eigenvalue weighted by Crippen LogP contribution is -2.24. The Bertz CT molecular complexity index is 91.6. The Morgan fingerprint density at radius 3 is 2.36 bits per heavy atom. The minimum Gasteiger partial charge on any atom is -0.248 e. The van der Waals surface area contributed by atoms with Crippen molar-refractivity contribution in [1.29, 1.82) is 0 Å². The molecule has 1 radical (unpaired) electrons. The van der Waals surface area contributed by atoms with Crippen molar-refractivity contribution in [2.45, 2.75) is 51.6 Å². The summed E-state index contributed by atoms with van der Waals surface area (Å²) in [5.74, 6) is 0. The van der Waals surface area contributed by atoms with Crippen LogP contribution in [0.1, 0.15) is 46.0 Å². The second-order valence-electron chi connectivity index (χ2n) is 3.39. The summed E-state index contributed by atoms with van der Waals surface area (Å²) in [4.78, 5) is 0. The molecular weight excluding hydrogens is 143 g/mol. The number of rotatable bonds is 6. The van der Waals surface area contributed by atoms with E-state index in [0.29, 0.717) is 6.42 Å². The van der Waals surface area contributed by atoms with Gasteiger partial charge in [-0.15, -0.1) is 0 Å². The SMILES string of the molecule is CCCCCCC(C)([O])CF. The molecule has 0 bridgehead atoms. The Balaban J connectivity index is 3.23. The van der Waals surface area contributed by atoms with Gasteiger partial charge in [-0.05, 0) is 13.3 Å². The van der Waals surface area contributed by atoms with Gasteiger partial charge in [0.15, 0.2) is 0 Å². The van der Waals surface area contributed by atoms with Crippen molar-refractivity contribution in [3.8, 4) is 0 Å². The number of unbranched alkanes of at least 4 members (excludes halogenated alkanes) is 3. The Morgan fingerprint density at radius 2 is 1.91 bits per heavy atom. The van der Waals surface area contributed by atoms with E-state index in [2.05, 4.69) is 6.92 Å². The van der Waals surface area contributed by atoms with E-state index in [0.717, 1.165) is 25.7 Å². The summed E-state index contributed by atoms with van der Waals surface area (Å²) in [6.45, 7) is 2.82. The zero-order chi connectivity index (χ0) is 8.74. The van der Waals surface area contributed by atoms with E-state index in [4.69, 9.17) is 0 Å². The Hall–Kier alpha value is -0.110. The maximum absolute atomic E-state index is 12.0. The van der Waals surface area contributed by atoms with Crippen molar-refractivity contribution in [3.63, 3.8) is 0 Å². The summed E-state index contributed by atoms with van der Waals surface area (Å²) in [6.07, 6.45) is 4.73. The average Bonchev–Trinajstić information content (AvgIpc) is 1.99. The van der Waals surface area contributed by atoms with Crippen molar-refractivity contribution >= 4 is 0 Å². The van der Waals surface area contributed by atoms with Crippen LogP contribution in [0.5, 0.6) is 0 Å². The first kappa shape index (κ1) is 10.9. The van der Waals surface area contributed by atoms with Gasteiger partial charge in [0.2, 0.25) is 0 Å². The topological polar surface area (TPSA) is 19.9 Å². The summed E-state index contributed by atoms with van der Waals surface area (Å²) in [6, 6.07) is 0. The van der Waals surface area contributed by atoms with E-state index in [-0.39, 0.29) is 0 Å². The van der Waals surface area contributed by atoms with Gasteiger partial charge in [0.05, 0.1) is 0 Å². The molecule has 0 aliphatic heterocycles. The molecule has 0 aliphatic carbocycles. The van der Waals surface area contributed by atoms with Crippen LogP contribution in [0.4, 0.5) is 4.39 Å².